The number of amides is 2. The van der Waals surface area contributed by atoms with Crippen molar-refractivity contribution in [3.8, 4) is 0 Å². The Morgan fingerprint density at radius 1 is 1.60 bits per heavy atom. The van der Waals surface area contributed by atoms with Crippen LogP contribution in [0, 0.1) is 0 Å². The molecule has 86 valence electrons. The number of hydrogen-bond acceptors (Lipinski definition) is 4. The molecule has 0 aromatic heterocycles. The molecule has 15 heavy (non-hydrogen) atoms. The summed E-state index contributed by atoms with van der Waals surface area (Å²) in [6.07, 6.45) is -0.467. The van der Waals surface area contributed by atoms with E-state index in [1.807, 2.05) is 0 Å². The summed E-state index contributed by atoms with van der Waals surface area (Å²) in [7, 11) is -4.60. The lowest BCUT2D eigenvalue weighted by Gasteiger charge is -2.15. The van der Waals surface area contributed by atoms with Gasteiger partial charge in [0.1, 0.15) is 6.04 Å². The summed E-state index contributed by atoms with van der Waals surface area (Å²) in [5.74, 6) is -0.723. The number of rotatable bonds is 4. The fourth-order valence-corrected chi connectivity index (χ4v) is 2.03. The zero-order valence-corrected chi connectivity index (χ0v) is 8.54. The molecule has 0 aromatic carbocycles. The number of nitrogens with zero attached hydrogens (tertiary/aromatic N) is 1. The highest BCUT2D eigenvalue weighted by atomic mass is 31.2. The number of carbonyl (C=O) groups is 2. The number of hydrogen-bond donors (Lipinski definition) is 3. The van der Waals surface area contributed by atoms with Gasteiger partial charge in [0.2, 0.25) is 12.3 Å². The third kappa shape index (κ3) is 3.28. The molecule has 1 rings (SSSR count). The maximum atomic E-state index is 10.9. The van der Waals surface area contributed by atoms with Gasteiger partial charge in [-0.15, -0.1) is 0 Å². The van der Waals surface area contributed by atoms with Crippen LogP contribution in [-0.2, 0) is 18.7 Å². The second-order valence-corrected chi connectivity index (χ2v) is 4.37. The SMILES string of the molecule is NC(=O)C1CC(OP(=O)(O)O)CN1C=O. The summed E-state index contributed by atoms with van der Waals surface area (Å²) in [5.41, 5.74) is 5.00. The topological polar surface area (TPSA) is 130 Å². The summed E-state index contributed by atoms with van der Waals surface area (Å²) in [6, 6.07) is -0.862. The van der Waals surface area contributed by atoms with E-state index in [-0.39, 0.29) is 13.0 Å². The molecule has 0 spiro atoms. The minimum atomic E-state index is -4.60. The normalized spacial score (nSPS) is 26.7. The molecule has 1 fully saturated rings. The fraction of sp³-hybridized carbons (Fsp3) is 0.667. The number of nitrogens with two attached hydrogens (primary N) is 1. The molecule has 0 saturated carbocycles. The Hall–Kier alpha value is -0.950. The van der Waals surface area contributed by atoms with Crippen molar-refractivity contribution in [2.24, 2.45) is 5.73 Å². The standard InChI is InChI=1S/C6H11N2O6P/c7-6(10)5-1-4(2-8(5)3-9)14-15(11,12)13/h3-5H,1-2H2,(H2,7,10)(H2,11,12,13). The van der Waals surface area contributed by atoms with Crippen molar-refractivity contribution in [2.45, 2.75) is 18.6 Å². The van der Waals surface area contributed by atoms with Gasteiger partial charge in [0.15, 0.2) is 0 Å². The summed E-state index contributed by atoms with van der Waals surface area (Å²) >= 11 is 0. The quantitative estimate of drug-likeness (QED) is 0.390. The van der Waals surface area contributed by atoms with E-state index in [2.05, 4.69) is 4.52 Å². The van der Waals surface area contributed by atoms with Crippen molar-refractivity contribution in [1.82, 2.24) is 4.90 Å². The van der Waals surface area contributed by atoms with Crippen molar-refractivity contribution in [3.63, 3.8) is 0 Å². The van der Waals surface area contributed by atoms with Crippen LogP contribution in [0.1, 0.15) is 6.42 Å². The lowest BCUT2D eigenvalue weighted by Crippen LogP contribution is -2.39. The van der Waals surface area contributed by atoms with Crippen molar-refractivity contribution >= 4 is 20.1 Å². The molecule has 4 N–H and O–H groups in total. The maximum Gasteiger partial charge on any atom is 0.469 e. The lowest BCUT2D eigenvalue weighted by atomic mass is 10.2. The fourth-order valence-electron chi connectivity index (χ4n) is 1.49. The molecule has 0 aliphatic carbocycles. The van der Waals surface area contributed by atoms with E-state index in [0.717, 1.165) is 4.90 Å². The van der Waals surface area contributed by atoms with Gasteiger partial charge in [0.05, 0.1) is 6.10 Å². The molecule has 2 amide bonds. The lowest BCUT2D eigenvalue weighted by molar-refractivity contribution is -0.128. The summed E-state index contributed by atoms with van der Waals surface area (Å²) < 4.78 is 14.9. The molecule has 0 bridgehead atoms. The zero-order valence-electron chi connectivity index (χ0n) is 7.65. The van der Waals surface area contributed by atoms with E-state index in [0.29, 0.717) is 6.41 Å². The third-order valence-corrected chi connectivity index (χ3v) is 2.62. The van der Waals surface area contributed by atoms with E-state index in [1.165, 1.54) is 0 Å². The summed E-state index contributed by atoms with van der Waals surface area (Å²) in [4.78, 5) is 39.5. The van der Waals surface area contributed by atoms with Crippen molar-refractivity contribution in [3.05, 3.63) is 0 Å². The number of likely N-dealkylation sites (tertiary alicyclic amines) is 1. The average molecular weight is 238 g/mol. The van der Waals surface area contributed by atoms with Crippen LogP contribution < -0.4 is 5.73 Å². The second-order valence-electron chi connectivity index (χ2n) is 3.17. The number of phosphoric ester groups is 1. The van der Waals surface area contributed by atoms with E-state index in [1.54, 1.807) is 0 Å². The van der Waals surface area contributed by atoms with E-state index in [9.17, 15) is 14.2 Å². The molecule has 2 unspecified atom stereocenters. The number of phosphoric acid groups is 1. The molecular formula is C6H11N2O6P. The first-order valence-corrected chi connectivity index (χ1v) is 5.61. The minimum Gasteiger partial charge on any atom is -0.368 e. The molecule has 0 radical (unpaired) electrons. The highest BCUT2D eigenvalue weighted by Crippen LogP contribution is 2.40. The number of primary amides is 1. The van der Waals surface area contributed by atoms with E-state index >= 15 is 0 Å². The zero-order chi connectivity index (χ0) is 11.6. The van der Waals surface area contributed by atoms with Crippen LogP contribution in [0.25, 0.3) is 0 Å². The summed E-state index contributed by atoms with van der Waals surface area (Å²) in [5, 5.41) is 0. The van der Waals surface area contributed by atoms with Crippen LogP contribution in [0.2, 0.25) is 0 Å². The van der Waals surface area contributed by atoms with Crippen LogP contribution in [-0.4, -0.2) is 45.7 Å². The average Bonchev–Trinajstić information content (AvgIpc) is 2.44. The molecule has 0 aromatic rings. The Morgan fingerprint density at radius 2 is 2.20 bits per heavy atom. The molecule has 8 nitrogen and oxygen atoms in total. The Labute approximate surface area is 85.2 Å². The highest BCUT2D eigenvalue weighted by molar-refractivity contribution is 7.46. The van der Waals surface area contributed by atoms with E-state index in [4.69, 9.17) is 15.5 Å². The number of carbonyl (C=O) groups excluding carboxylic acids is 2. The van der Waals surface area contributed by atoms with Gasteiger partial charge in [0, 0.05) is 13.0 Å². The maximum absolute atomic E-state index is 10.9. The largest absolute Gasteiger partial charge is 0.469 e. The monoisotopic (exact) mass is 238 g/mol. The first-order valence-electron chi connectivity index (χ1n) is 4.08. The molecule has 1 aliphatic heterocycles. The first kappa shape index (κ1) is 12.1. The third-order valence-electron chi connectivity index (χ3n) is 2.05. The van der Waals surface area contributed by atoms with Gasteiger partial charge >= 0.3 is 7.82 Å². The molecule has 1 saturated heterocycles. The van der Waals surface area contributed by atoms with Gasteiger partial charge in [-0.2, -0.15) is 0 Å². The molecule has 1 aliphatic rings. The van der Waals surface area contributed by atoms with E-state index < -0.39 is 25.9 Å². The van der Waals surface area contributed by atoms with Crippen LogP contribution in [0.3, 0.4) is 0 Å². The van der Waals surface area contributed by atoms with Gasteiger partial charge in [-0.25, -0.2) is 4.57 Å². The highest BCUT2D eigenvalue weighted by Gasteiger charge is 2.38. The van der Waals surface area contributed by atoms with Crippen LogP contribution in [0.15, 0.2) is 0 Å². The van der Waals surface area contributed by atoms with Gasteiger partial charge in [-0.05, 0) is 0 Å². The van der Waals surface area contributed by atoms with Crippen LogP contribution >= 0.6 is 7.82 Å². The predicted molar refractivity (Wildman–Crippen MR) is 47.3 cm³/mol. The molecule has 2 atom stereocenters. The first-order chi connectivity index (χ1) is 6.83. The summed E-state index contributed by atoms with van der Waals surface area (Å²) in [6.45, 7) is -0.0534. The smallest absolute Gasteiger partial charge is 0.368 e. The Morgan fingerprint density at radius 3 is 2.53 bits per heavy atom. The van der Waals surface area contributed by atoms with Gasteiger partial charge in [0.25, 0.3) is 0 Å². The van der Waals surface area contributed by atoms with Gasteiger partial charge < -0.3 is 20.4 Å². The van der Waals surface area contributed by atoms with Crippen molar-refractivity contribution in [1.29, 1.82) is 0 Å². The van der Waals surface area contributed by atoms with Crippen molar-refractivity contribution in [2.75, 3.05) is 6.54 Å². The molecule has 1 heterocycles. The molecule has 9 heteroatoms. The Balaban J connectivity index is 2.65. The van der Waals surface area contributed by atoms with Gasteiger partial charge in [-0.3, -0.25) is 14.1 Å². The molecular weight excluding hydrogens is 227 g/mol. The van der Waals surface area contributed by atoms with Gasteiger partial charge in [-0.1, -0.05) is 0 Å². The second kappa shape index (κ2) is 4.28. The Kier molecular flexibility index (Phi) is 3.46. The van der Waals surface area contributed by atoms with Crippen LogP contribution in [0.5, 0.6) is 0 Å². The van der Waals surface area contributed by atoms with Crippen molar-refractivity contribution < 1.29 is 28.5 Å². The Bertz CT molecular complexity index is 315. The predicted octanol–water partition coefficient (Wildman–Crippen LogP) is -1.82. The van der Waals surface area contributed by atoms with Crippen LogP contribution in [0.4, 0.5) is 0 Å². The minimum absolute atomic E-state index is 0.000810.